The molecule has 0 N–H and O–H groups in total. The Bertz CT molecular complexity index is 1140. The van der Waals surface area contributed by atoms with Crippen molar-refractivity contribution in [3.8, 4) is 22.8 Å². The van der Waals surface area contributed by atoms with Crippen LogP contribution >= 0.6 is 0 Å². The smallest absolute Gasteiger partial charge is 0.408 e. The van der Waals surface area contributed by atoms with Crippen molar-refractivity contribution in [3.63, 3.8) is 0 Å². The molecule has 0 unspecified atom stereocenters. The molecular weight excluding hydrogens is 330 g/mol. The molecule has 2 aromatic carbocycles. The number of hydrogen-bond donors (Lipinski definition) is 0. The average molecular weight is 349 g/mol. The highest BCUT2D eigenvalue weighted by Crippen LogP contribution is 2.27. The summed E-state index contributed by atoms with van der Waals surface area (Å²) < 4.78 is 12.1. The molecule has 0 aliphatic rings. The molecule has 2 aromatic heterocycles. The van der Waals surface area contributed by atoms with Gasteiger partial charge in [-0.05, 0) is 41.3 Å². The lowest BCUT2D eigenvalue weighted by atomic mass is 9.87. The van der Waals surface area contributed by atoms with E-state index < -0.39 is 5.76 Å². The fraction of sp³-hybridized carbons (Fsp3) is 0.250. The maximum Gasteiger partial charge on any atom is 0.419 e. The van der Waals surface area contributed by atoms with Crippen LogP contribution in [0.15, 0.2) is 56.2 Å². The molecule has 0 fully saturated rings. The monoisotopic (exact) mass is 349 g/mol. The molecule has 0 aliphatic carbocycles. The van der Waals surface area contributed by atoms with Crippen molar-refractivity contribution in [1.29, 1.82) is 0 Å². The predicted molar refractivity (Wildman–Crippen MR) is 98.9 cm³/mol. The van der Waals surface area contributed by atoms with Crippen LogP contribution in [0.25, 0.3) is 33.9 Å². The Morgan fingerprint density at radius 1 is 1.00 bits per heavy atom. The Morgan fingerprint density at radius 3 is 2.38 bits per heavy atom. The molecule has 132 valence electrons. The van der Waals surface area contributed by atoms with Crippen LogP contribution in [0.1, 0.15) is 26.3 Å². The number of aromatic nitrogens is 3. The van der Waals surface area contributed by atoms with Gasteiger partial charge < -0.3 is 8.94 Å². The quantitative estimate of drug-likeness (QED) is 0.543. The first kappa shape index (κ1) is 16.3. The molecule has 0 atom stereocenters. The van der Waals surface area contributed by atoms with E-state index in [0.29, 0.717) is 17.3 Å². The lowest BCUT2D eigenvalue weighted by Gasteiger charge is -2.18. The maximum absolute atomic E-state index is 11.6. The van der Waals surface area contributed by atoms with Crippen LogP contribution in [-0.4, -0.2) is 14.7 Å². The zero-order valence-electron chi connectivity index (χ0n) is 15.1. The van der Waals surface area contributed by atoms with E-state index in [1.807, 2.05) is 24.3 Å². The number of oxazole rings is 1. The highest BCUT2D eigenvalue weighted by Gasteiger charge is 2.16. The first-order chi connectivity index (χ1) is 12.3. The van der Waals surface area contributed by atoms with Crippen molar-refractivity contribution in [1.82, 2.24) is 14.7 Å². The lowest BCUT2D eigenvalue weighted by molar-refractivity contribution is 0.432. The summed E-state index contributed by atoms with van der Waals surface area (Å²) >= 11 is 0. The van der Waals surface area contributed by atoms with Crippen LogP contribution in [0.4, 0.5) is 0 Å². The van der Waals surface area contributed by atoms with Crippen LogP contribution in [0.2, 0.25) is 0 Å². The topological polar surface area (TPSA) is 74.1 Å². The van der Waals surface area contributed by atoms with Crippen molar-refractivity contribution in [3.05, 3.63) is 58.6 Å². The third kappa shape index (κ3) is 2.73. The van der Waals surface area contributed by atoms with Gasteiger partial charge in [0.15, 0.2) is 5.58 Å². The van der Waals surface area contributed by atoms with Gasteiger partial charge in [-0.1, -0.05) is 38.1 Å². The lowest BCUT2D eigenvalue weighted by Crippen LogP contribution is -2.10. The van der Waals surface area contributed by atoms with Crippen LogP contribution < -0.4 is 5.76 Å². The minimum absolute atomic E-state index is 0.0908. The van der Waals surface area contributed by atoms with Crippen LogP contribution in [0, 0.1) is 0 Å². The molecule has 6 nitrogen and oxygen atoms in total. The van der Waals surface area contributed by atoms with Crippen molar-refractivity contribution in [2.45, 2.75) is 26.2 Å². The van der Waals surface area contributed by atoms with Gasteiger partial charge in [0.05, 0.1) is 5.52 Å². The molecule has 2 heterocycles. The van der Waals surface area contributed by atoms with Gasteiger partial charge in [-0.15, -0.1) is 0 Å². The third-order valence-corrected chi connectivity index (χ3v) is 4.47. The van der Waals surface area contributed by atoms with E-state index >= 15 is 0 Å². The second kappa shape index (κ2) is 5.69. The summed E-state index contributed by atoms with van der Waals surface area (Å²) in [5.41, 5.74) is 4.15. The summed E-state index contributed by atoms with van der Waals surface area (Å²) in [5, 5.41) is 4.06. The summed E-state index contributed by atoms with van der Waals surface area (Å²) in [5.74, 6) is 0.508. The molecular formula is C20H19N3O3. The Labute approximate surface area is 150 Å². The predicted octanol–water partition coefficient (Wildman–Crippen LogP) is 4.15. The summed E-state index contributed by atoms with van der Waals surface area (Å²) in [6.07, 6.45) is 0. The van der Waals surface area contributed by atoms with Gasteiger partial charge in [0.1, 0.15) is 0 Å². The molecule has 0 spiro atoms. The summed E-state index contributed by atoms with van der Waals surface area (Å²) in [6, 6.07) is 13.5. The fourth-order valence-electron chi connectivity index (χ4n) is 2.84. The maximum atomic E-state index is 11.6. The van der Waals surface area contributed by atoms with Crippen molar-refractivity contribution < 1.29 is 8.94 Å². The number of rotatable bonds is 2. The van der Waals surface area contributed by atoms with Crippen molar-refractivity contribution in [2.24, 2.45) is 7.05 Å². The molecule has 4 aromatic rings. The van der Waals surface area contributed by atoms with Crippen LogP contribution in [-0.2, 0) is 12.5 Å². The van der Waals surface area contributed by atoms with Gasteiger partial charge in [0, 0.05) is 18.2 Å². The van der Waals surface area contributed by atoms with Gasteiger partial charge in [0.2, 0.25) is 5.82 Å². The highest BCUT2D eigenvalue weighted by molar-refractivity contribution is 5.78. The largest absolute Gasteiger partial charge is 0.419 e. The van der Waals surface area contributed by atoms with E-state index in [9.17, 15) is 4.79 Å². The van der Waals surface area contributed by atoms with E-state index in [1.54, 1.807) is 13.1 Å². The van der Waals surface area contributed by atoms with E-state index in [0.717, 1.165) is 16.6 Å². The number of nitrogens with zero attached hydrogens (tertiary/aromatic N) is 3. The Balaban J connectivity index is 1.69. The summed E-state index contributed by atoms with van der Waals surface area (Å²) in [6.45, 7) is 6.51. The molecule has 0 radical (unpaired) electrons. The number of aryl methyl sites for hydroxylation is 1. The van der Waals surface area contributed by atoms with E-state index in [2.05, 4.69) is 43.0 Å². The summed E-state index contributed by atoms with van der Waals surface area (Å²) in [4.78, 5) is 16.1. The van der Waals surface area contributed by atoms with Crippen LogP contribution in [0.5, 0.6) is 0 Å². The van der Waals surface area contributed by atoms with Gasteiger partial charge in [-0.25, -0.2) is 4.79 Å². The fourth-order valence-corrected chi connectivity index (χ4v) is 2.84. The molecule has 0 bridgehead atoms. The number of hydrogen-bond acceptors (Lipinski definition) is 5. The Morgan fingerprint density at radius 2 is 1.69 bits per heavy atom. The highest BCUT2D eigenvalue weighted by atomic mass is 16.5. The first-order valence-corrected chi connectivity index (χ1v) is 8.37. The van der Waals surface area contributed by atoms with E-state index in [-0.39, 0.29) is 5.41 Å². The van der Waals surface area contributed by atoms with E-state index in [1.165, 1.54) is 10.1 Å². The third-order valence-electron chi connectivity index (χ3n) is 4.47. The second-order valence-corrected chi connectivity index (χ2v) is 7.36. The molecule has 26 heavy (non-hydrogen) atoms. The minimum Gasteiger partial charge on any atom is -0.408 e. The molecule has 0 saturated heterocycles. The standard InChI is InChI=1S/C20H19N3O3/c1-20(2,3)14-8-5-12(6-9-14)18-21-17(22-26-18)13-7-10-15-16(11-13)25-19(24)23(15)4/h5-11H,1-4H3. The molecule has 4 rings (SSSR count). The Kier molecular flexibility index (Phi) is 3.57. The van der Waals surface area contributed by atoms with Crippen molar-refractivity contribution in [2.75, 3.05) is 0 Å². The molecule has 0 amide bonds. The van der Waals surface area contributed by atoms with Crippen LogP contribution in [0.3, 0.4) is 0 Å². The molecule has 0 aliphatic heterocycles. The molecule has 6 heteroatoms. The minimum atomic E-state index is -0.398. The normalized spacial score (nSPS) is 12.0. The second-order valence-electron chi connectivity index (χ2n) is 7.36. The number of benzene rings is 2. The zero-order chi connectivity index (χ0) is 18.5. The van der Waals surface area contributed by atoms with Gasteiger partial charge in [-0.3, -0.25) is 4.57 Å². The van der Waals surface area contributed by atoms with Gasteiger partial charge >= 0.3 is 5.76 Å². The number of fused-ring (bicyclic) bond motifs is 1. The summed E-state index contributed by atoms with van der Waals surface area (Å²) in [7, 11) is 1.67. The van der Waals surface area contributed by atoms with E-state index in [4.69, 9.17) is 8.94 Å². The van der Waals surface area contributed by atoms with Gasteiger partial charge in [0.25, 0.3) is 5.89 Å². The van der Waals surface area contributed by atoms with Crippen molar-refractivity contribution >= 4 is 11.1 Å². The first-order valence-electron chi connectivity index (χ1n) is 8.37. The Hall–Kier alpha value is -3.15. The van der Waals surface area contributed by atoms with Gasteiger partial charge in [-0.2, -0.15) is 4.98 Å². The SMILES string of the molecule is Cn1c(=O)oc2cc(-c3noc(-c4ccc(C(C)(C)C)cc4)n3)ccc21. The zero-order valence-corrected chi connectivity index (χ0v) is 15.1. The molecule has 0 saturated carbocycles. The average Bonchev–Trinajstić information content (AvgIpc) is 3.20.